The smallest absolute Gasteiger partial charge is 0.0930 e. The normalized spacial score (nSPS) is 20.1. The molecule has 1 saturated heterocycles. The van der Waals surface area contributed by atoms with Gasteiger partial charge in [-0.2, -0.15) is 0 Å². The minimum absolute atomic E-state index is 0.0580. The number of hydrogen-bond donors (Lipinski definition) is 1. The van der Waals surface area contributed by atoms with Crippen LogP contribution in [0.2, 0.25) is 0 Å². The average Bonchev–Trinajstić information content (AvgIpc) is 2.69. The molecule has 4 heteroatoms. The van der Waals surface area contributed by atoms with E-state index in [9.17, 15) is 0 Å². The summed E-state index contributed by atoms with van der Waals surface area (Å²) in [7, 11) is 1.67. The Bertz CT molecular complexity index is 138. The number of hydrogen-bond acceptors (Lipinski definition) is 4. The van der Waals surface area contributed by atoms with Crippen LogP contribution in [-0.4, -0.2) is 57.5 Å². The Kier molecular flexibility index (Phi) is 6.10. The van der Waals surface area contributed by atoms with Gasteiger partial charge in [0.25, 0.3) is 0 Å². The molecule has 0 aromatic carbocycles. The fraction of sp³-hybridized carbons (Fsp3) is 1.00. The van der Waals surface area contributed by atoms with Crippen molar-refractivity contribution in [2.75, 3.05) is 46.5 Å². The molecule has 0 spiro atoms. The van der Waals surface area contributed by atoms with Crippen molar-refractivity contribution in [3.8, 4) is 0 Å². The van der Waals surface area contributed by atoms with Crippen molar-refractivity contribution in [2.24, 2.45) is 5.73 Å². The monoisotopic (exact) mass is 202 g/mol. The third-order valence-corrected chi connectivity index (χ3v) is 2.58. The highest BCUT2D eigenvalue weighted by Gasteiger charge is 2.12. The second-order valence-corrected chi connectivity index (χ2v) is 3.73. The van der Waals surface area contributed by atoms with Crippen molar-refractivity contribution in [1.82, 2.24) is 4.90 Å². The lowest BCUT2D eigenvalue weighted by molar-refractivity contribution is -0.00293. The fourth-order valence-electron chi connectivity index (χ4n) is 1.72. The van der Waals surface area contributed by atoms with Crippen molar-refractivity contribution in [1.29, 1.82) is 0 Å². The lowest BCUT2D eigenvalue weighted by Crippen LogP contribution is -2.32. The highest BCUT2D eigenvalue weighted by Crippen LogP contribution is 2.06. The summed E-state index contributed by atoms with van der Waals surface area (Å²) in [6.07, 6.45) is 2.72. The molecular weight excluding hydrogens is 180 g/mol. The maximum absolute atomic E-state index is 5.60. The van der Waals surface area contributed by atoms with Gasteiger partial charge in [0, 0.05) is 20.2 Å². The van der Waals surface area contributed by atoms with Crippen LogP contribution >= 0.6 is 0 Å². The summed E-state index contributed by atoms with van der Waals surface area (Å²) < 4.78 is 10.6. The van der Waals surface area contributed by atoms with Crippen molar-refractivity contribution in [3.63, 3.8) is 0 Å². The minimum Gasteiger partial charge on any atom is -0.382 e. The van der Waals surface area contributed by atoms with Crippen LogP contribution in [-0.2, 0) is 9.47 Å². The van der Waals surface area contributed by atoms with Crippen LogP contribution in [0.3, 0.4) is 0 Å². The topological polar surface area (TPSA) is 47.7 Å². The zero-order valence-electron chi connectivity index (χ0n) is 9.08. The summed E-state index contributed by atoms with van der Waals surface area (Å²) in [4.78, 5) is 2.43. The molecule has 1 atom stereocenters. The molecule has 1 unspecified atom stereocenters. The number of rotatable bonds is 7. The van der Waals surface area contributed by atoms with E-state index in [4.69, 9.17) is 15.2 Å². The molecule has 0 radical (unpaired) electrons. The Balaban J connectivity index is 2.00. The Morgan fingerprint density at radius 3 is 2.64 bits per heavy atom. The summed E-state index contributed by atoms with van der Waals surface area (Å²) in [5, 5.41) is 0. The van der Waals surface area contributed by atoms with Gasteiger partial charge in [0.2, 0.25) is 0 Å². The molecule has 1 aliphatic rings. The van der Waals surface area contributed by atoms with Crippen LogP contribution < -0.4 is 5.73 Å². The quantitative estimate of drug-likeness (QED) is 0.635. The Labute approximate surface area is 86.3 Å². The van der Waals surface area contributed by atoms with E-state index in [-0.39, 0.29) is 6.10 Å². The lowest BCUT2D eigenvalue weighted by Gasteiger charge is -2.18. The molecule has 0 aromatic heterocycles. The highest BCUT2D eigenvalue weighted by molar-refractivity contribution is 4.66. The van der Waals surface area contributed by atoms with Crippen LogP contribution in [0, 0.1) is 0 Å². The predicted octanol–water partition coefficient (Wildman–Crippen LogP) is 0.0725. The summed E-state index contributed by atoms with van der Waals surface area (Å²) in [5.74, 6) is 0. The minimum atomic E-state index is 0.0580. The molecule has 2 N–H and O–H groups in total. The van der Waals surface area contributed by atoms with Gasteiger partial charge in [0.15, 0.2) is 0 Å². The van der Waals surface area contributed by atoms with Gasteiger partial charge in [-0.15, -0.1) is 0 Å². The molecule has 0 amide bonds. The molecule has 0 saturated carbocycles. The van der Waals surface area contributed by atoms with E-state index in [0.717, 1.165) is 13.2 Å². The Hall–Kier alpha value is -0.160. The van der Waals surface area contributed by atoms with Crippen LogP contribution in [0.1, 0.15) is 12.8 Å². The number of nitrogens with zero attached hydrogens (tertiary/aromatic N) is 1. The first-order chi connectivity index (χ1) is 6.86. The van der Waals surface area contributed by atoms with Crippen LogP contribution in [0.15, 0.2) is 0 Å². The van der Waals surface area contributed by atoms with Gasteiger partial charge >= 0.3 is 0 Å². The maximum Gasteiger partial charge on any atom is 0.0930 e. The molecule has 84 valence electrons. The van der Waals surface area contributed by atoms with Gasteiger partial charge in [-0.1, -0.05) is 0 Å². The first kappa shape index (κ1) is 11.9. The van der Waals surface area contributed by atoms with Gasteiger partial charge in [-0.25, -0.2) is 0 Å². The van der Waals surface area contributed by atoms with E-state index in [1.165, 1.54) is 25.9 Å². The second-order valence-electron chi connectivity index (χ2n) is 3.73. The standard InChI is InChI=1S/C10H22N2O2/c1-13-9-10(8-11)14-7-6-12-4-2-3-5-12/h10H,2-9,11H2,1H3. The van der Waals surface area contributed by atoms with Crippen LogP contribution in [0.4, 0.5) is 0 Å². The Morgan fingerprint density at radius 1 is 1.36 bits per heavy atom. The van der Waals surface area contributed by atoms with E-state index in [2.05, 4.69) is 4.90 Å². The average molecular weight is 202 g/mol. The molecule has 0 aromatic rings. The van der Waals surface area contributed by atoms with E-state index in [1.54, 1.807) is 7.11 Å². The summed E-state index contributed by atoms with van der Waals surface area (Å²) in [6, 6.07) is 0. The molecule has 1 aliphatic heterocycles. The molecule has 0 aliphatic carbocycles. The maximum atomic E-state index is 5.60. The number of nitrogens with two attached hydrogens (primary N) is 1. The van der Waals surface area contributed by atoms with Crippen molar-refractivity contribution in [2.45, 2.75) is 18.9 Å². The van der Waals surface area contributed by atoms with Crippen LogP contribution in [0.25, 0.3) is 0 Å². The van der Waals surface area contributed by atoms with E-state index in [1.807, 2.05) is 0 Å². The molecule has 0 bridgehead atoms. The molecule has 1 heterocycles. The van der Waals surface area contributed by atoms with Crippen molar-refractivity contribution < 1.29 is 9.47 Å². The molecular formula is C10H22N2O2. The van der Waals surface area contributed by atoms with Gasteiger partial charge < -0.3 is 20.1 Å². The third-order valence-electron chi connectivity index (χ3n) is 2.58. The highest BCUT2D eigenvalue weighted by atomic mass is 16.5. The molecule has 1 fully saturated rings. The van der Waals surface area contributed by atoms with E-state index < -0.39 is 0 Å². The fourth-order valence-corrected chi connectivity index (χ4v) is 1.72. The number of likely N-dealkylation sites (tertiary alicyclic amines) is 1. The predicted molar refractivity (Wildman–Crippen MR) is 56.3 cm³/mol. The largest absolute Gasteiger partial charge is 0.382 e. The zero-order chi connectivity index (χ0) is 10.2. The Morgan fingerprint density at radius 2 is 2.07 bits per heavy atom. The van der Waals surface area contributed by atoms with Crippen molar-refractivity contribution in [3.05, 3.63) is 0 Å². The summed E-state index contributed by atoms with van der Waals surface area (Å²) >= 11 is 0. The van der Waals surface area contributed by atoms with Crippen molar-refractivity contribution >= 4 is 0 Å². The number of methoxy groups -OCH3 is 1. The van der Waals surface area contributed by atoms with E-state index in [0.29, 0.717) is 13.2 Å². The zero-order valence-corrected chi connectivity index (χ0v) is 9.08. The van der Waals surface area contributed by atoms with Gasteiger partial charge in [-0.05, 0) is 25.9 Å². The van der Waals surface area contributed by atoms with Gasteiger partial charge in [0.05, 0.1) is 19.3 Å². The number of ether oxygens (including phenoxy) is 2. The van der Waals surface area contributed by atoms with E-state index >= 15 is 0 Å². The van der Waals surface area contributed by atoms with Gasteiger partial charge in [0.1, 0.15) is 0 Å². The summed E-state index contributed by atoms with van der Waals surface area (Å²) in [5.41, 5.74) is 5.53. The molecule has 4 nitrogen and oxygen atoms in total. The first-order valence-corrected chi connectivity index (χ1v) is 5.39. The third kappa shape index (κ3) is 4.37. The van der Waals surface area contributed by atoms with Gasteiger partial charge in [-0.3, -0.25) is 0 Å². The molecule has 14 heavy (non-hydrogen) atoms. The first-order valence-electron chi connectivity index (χ1n) is 5.39. The lowest BCUT2D eigenvalue weighted by atomic mass is 10.4. The molecule has 1 rings (SSSR count). The second kappa shape index (κ2) is 7.17. The summed E-state index contributed by atoms with van der Waals surface area (Å²) in [6.45, 7) is 5.37. The van der Waals surface area contributed by atoms with Crippen LogP contribution in [0.5, 0.6) is 0 Å². The SMILES string of the molecule is COCC(CN)OCCN1CCCC1.